The van der Waals surface area contributed by atoms with Crippen LogP contribution in [0.4, 0.5) is 5.13 Å². The van der Waals surface area contributed by atoms with Crippen molar-refractivity contribution >= 4 is 44.0 Å². The summed E-state index contributed by atoms with van der Waals surface area (Å²) in [6.07, 6.45) is 2.20. The molecular weight excluding hydrogens is 372 g/mol. The molecule has 1 saturated carbocycles. The molecule has 1 aromatic heterocycles. The number of hydrogen-bond donors (Lipinski definition) is 1. The molecule has 2 aromatic rings. The van der Waals surface area contributed by atoms with Crippen molar-refractivity contribution in [3.8, 4) is 0 Å². The summed E-state index contributed by atoms with van der Waals surface area (Å²) in [4.78, 5) is 12.1. The van der Waals surface area contributed by atoms with Gasteiger partial charge in [0.05, 0.1) is 11.4 Å². The first-order valence-electron chi connectivity index (χ1n) is 7.21. The summed E-state index contributed by atoms with van der Waals surface area (Å²) in [7, 11) is -2.41. The minimum Gasteiger partial charge on any atom is -0.299 e. The Morgan fingerprint density at radius 3 is 2.62 bits per heavy atom. The van der Waals surface area contributed by atoms with Gasteiger partial charge in [0.15, 0.2) is 0 Å². The quantitative estimate of drug-likeness (QED) is 0.822. The normalized spacial score (nSPS) is 14.8. The first-order chi connectivity index (χ1) is 11.4. The van der Waals surface area contributed by atoms with Gasteiger partial charge in [0.1, 0.15) is 5.01 Å². The molecule has 0 aliphatic heterocycles. The van der Waals surface area contributed by atoms with Gasteiger partial charge in [-0.15, -0.1) is 10.2 Å². The maximum absolute atomic E-state index is 12.4. The van der Waals surface area contributed by atoms with E-state index < -0.39 is 15.9 Å². The van der Waals surface area contributed by atoms with Crippen molar-refractivity contribution in [3.63, 3.8) is 0 Å². The molecule has 0 radical (unpaired) electrons. The largest absolute Gasteiger partial charge is 0.299 e. The summed E-state index contributed by atoms with van der Waals surface area (Å²) in [5.41, 5.74) is 0. The highest BCUT2D eigenvalue weighted by Gasteiger charge is 2.28. The number of rotatable bonds is 6. The van der Waals surface area contributed by atoms with Crippen LogP contribution in [0.5, 0.6) is 0 Å². The molecule has 1 aliphatic rings. The number of amides is 1. The number of carbonyl (C=O) groups excluding carboxylic acids is 1. The van der Waals surface area contributed by atoms with E-state index in [1.54, 1.807) is 0 Å². The number of halogens is 1. The van der Waals surface area contributed by atoms with Crippen LogP contribution < -0.4 is 5.32 Å². The Kier molecular flexibility index (Phi) is 4.86. The molecule has 1 fully saturated rings. The summed E-state index contributed by atoms with van der Waals surface area (Å²) in [6, 6.07) is 5.78. The Bertz CT molecular complexity index is 847. The van der Waals surface area contributed by atoms with Crippen LogP contribution in [0.25, 0.3) is 0 Å². The van der Waals surface area contributed by atoms with Gasteiger partial charge in [-0.2, -0.15) is 4.31 Å². The lowest BCUT2D eigenvalue weighted by Gasteiger charge is -2.16. The second-order valence-corrected chi connectivity index (χ2v) is 8.97. The Morgan fingerprint density at radius 1 is 1.33 bits per heavy atom. The van der Waals surface area contributed by atoms with Crippen molar-refractivity contribution in [1.29, 1.82) is 0 Å². The van der Waals surface area contributed by atoms with Crippen LogP contribution in [0.1, 0.15) is 23.8 Å². The average molecular weight is 387 g/mol. The second-order valence-electron chi connectivity index (χ2n) is 5.48. The van der Waals surface area contributed by atoms with Crippen LogP contribution in [0, 0.1) is 0 Å². The highest BCUT2D eigenvalue weighted by Crippen LogP contribution is 2.42. The lowest BCUT2D eigenvalue weighted by molar-refractivity contribution is -0.116. The minimum absolute atomic E-state index is 0.0779. The summed E-state index contributed by atoms with van der Waals surface area (Å²) in [6.45, 7) is -0.316. The van der Waals surface area contributed by atoms with Crippen molar-refractivity contribution in [1.82, 2.24) is 14.5 Å². The Balaban J connectivity index is 1.63. The van der Waals surface area contributed by atoms with Gasteiger partial charge in [-0.05, 0) is 37.1 Å². The summed E-state index contributed by atoms with van der Waals surface area (Å²) in [5, 5.41) is 12.3. The molecule has 1 amide bonds. The van der Waals surface area contributed by atoms with Gasteiger partial charge in [0.25, 0.3) is 0 Å². The van der Waals surface area contributed by atoms with Crippen molar-refractivity contribution in [2.24, 2.45) is 0 Å². The Hall–Kier alpha value is -1.55. The number of carbonyl (C=O) groups is 1. The van der Waals surface area contributed by atoms with E-state index in [0.29, 0.717) is 16.1 Å². The van der Waals surface area contributed by atoms with Crippen molar-refractivity contribution in [2.45, 2.75) is 23.7 Å². The van der Waals surface area contributed by atoms with Gasteiger partial charge in [0.2, 0.25) is 21.1 Å². The van der Waals surface area contributed by atoms with Gasteiger partial charge in [-0.25, -0.2) is 8.42 Å². The van der Waals surface area contributed by atoms with Gasteiger partial charge in [-0.3, -0.25) is 10.1 Å². The molecule has 10 heteroatoms. The molecule has 0 saturated heterocycles. The van der Waals surface area contributed by atoms with Crippen molar-refractivity contribution in [2.75, 3.05) is 18.9 Å². The smallest absolute Gasteiger partial charge is 0.243 e. The van der Waals surface area contributed by atoms with Gasteiger partial charge in [0, 0.05) is 18.0 Å². The van der Waals surface area contributed by atoms with Crippen LogP contribution in [0.15, 0.2) is 29.2 Å². The summed E-state index contributed by atoms with van der Waals surface area (Å²) < 4.78 is 25.8. The number of aromatic nitrogens is 2. The maximum atomic E-state index is 12.4. The first-order valence-corrected chi connectivity index (χ1v) is 9.85. The topological polar surface area (TPSA) is 92.3 Å². The molecule has 1 N–H and O–H groups in total. The highest BCUT2D eigenvalue weighted by atomic mass is 35.5. The Morgan fingerprint density at radius 2 is 2.00 bits per heavy atom. The fraction of sp³-hybridized carbons (Fsp3) is 0.357. The van der Waals surface area contributed by atoms with Crippen LogP contribution >= 0.6 is 22.9 Å². The lowest BCUT2D eigenvalue weighted by Crippen LogP contribution is -2.34. The standard InChI is InChI=1S/C14H15ClN4O3S2/c1-19(24(21,22)11-6-4-10(15)5-7-11)8-12(20)16-14-18-17-13(23-14)9-2-3-9/h4-7,9H,2-3,8H2,1H3,(H,16,18,20). The molecular formula is C14H15ClN4O3S2. The van der Waals surface area contributed by atoms with E-state index in [1.165, 1.54) is 42.6 Å². The predicted molar refractivity (Wildman–Crippen MR) is 91.8 cm³/mol. The molecule has 7 nitrogen and oxygen atoms in total. The molecule has 0 bridgehead atoms. The number of anilines is 1. The van der Waals surface area contributed by atoms with Crippen LogP contribution in [-0.4, -0.2) is 42.4 Å². The zero-order valence-corrected chi connectivity index (χ0v) is 15.2. The molecule has 24 heavy (non-hydrogen) atoms. The van der Waals surface area contributed by atoms with Gasteiger partial charge in [-0.1, -0.05) is 22.9 Å². The average Bonchev–Trinajstić information content (AvgIpc) is 3.28. The third-order valence-electron chi connectivity index (χ3n) is 3.50. The van der Waals surface area contributed by atoms with E-state index >= 15 is 0 Å². The zero-order chi connectivity index (χ0) is 17.3. The molecule has 128 valence electrons. The lowest BCUT2D eigenvalue weighted by atomic mass is 10.4. The molecule has 0 unspecified atom stereocenters. The highest BCUT2D eigenvalue weighted by molar-refractivity contribution is 7.89. The van der Waals surface area contributed by atoms with E-state index in [4.69, 9.17) is 11.6 Å². The molecule has 1 aromatic carbocycles. The SMILES string of the molecule is CN(CC(=O)Nc1nnc(C2CC2)s1)S(=O)(=O)c1ccc(Cl)cc1. The molecule has 3 rings (SSSR count). The molecule has 0 atom stereocenters. The number of sulfonamides is 1. The van der Waals surface area contributed by atoms with E-state index in [0.717, 1.165) is 22.2 Å². The van der Waals surface area contributed by atoms with E-state index in [1.807, 2.05) is 0 Å². The number of nitrogens with one attached hydrogen (secondary N) is 1. The van der Waals surface area contributed by atoms with Crippen LogP contribution in [0.2, 0.25) is 5.02 Å². The number of likely N-dealkylation sites (N-methyl/N-ethyl adjacent to an activating group) is 1. The molecule has 1 heterocycles. The zero-order valence-electron chi connectivity index (χ0n) is 12.8. The third kappa shape index (κ3) is 3.92. The minimum atomic E-state index is -3.76. The van der Waals surface area contributed by atoms with Crippen LogP contribution in [0.3, 0.4) is 0 Å². The van der Waals surface area contributed by atoms with E-state index in [2.05, 4.69) is 15.5 Å². The summed E-state index contributed by atoms with van der Waals surface area (Å²) >= 11 is 7.09. The predicted octanol–water partition coefficient (Wildman–Crippen LogP) is 2.33. The second kappa shape index (κ2) is 6.75. The van der Waals surface area contributed by atoms with Crippen LogP contribution in [-0.2, 0) is 14.8 Å². The maximum Gasteiger partial charge on any atom is 0.243 e. The number of benzene rings is 1. The monoisotopic (exact) mass is 386 g/mol. The molecule has 0 spiro atoms. The number of hydrogen-bond acceptors (Lipinski definition) is 6. The fourth-order valence-corrected chi connectivity index (χ4v) is 4.19. The van der Waals surface area contributed by atoms with Gasteiger partial charge < -0.3 is 0 Å². The van der Waals surface area contributed by atoms with Gasteiger partial charge >= 0.3 is 0 Å². The first kappa shape index (κ1) is 17.3. The van der Waals surface area contributed by atoms with Crippen molar-refractivity contribution in [3.05, 3.63) is 34.3 Å². The van der Waals surface area contributed by atoms with E-state index in [-0.39, 0.29) is 11.4 Å². The molecule has 1 aliphatic carbocycles. The summed E-state index contributed by atoms with van der Waals surface area (Å²) in [5.74, 6) is -0.00496. The number of nitrogens with zero attached hydrogens (tertiary/aromatic N) is 3. The third-order valence-corrected chi connectivity index (χ3v) is 6.57. The fourth-order valence-electron chi connectivity index (χ4n) is 2.01. The van der Waals surface area contributed by atoms with Crippen molar-refractivity contribution < 1.29 is 13.2 Å². The Labute approximate surface area is 148 Å². The van der Waals surface area contributed by atoms with E-state index in [9.17, 15) is 13.2 Å².